The predicted molar refractivity (Wildman–Crippen MR) is 118 cm³/mol. The number of hydrogen-bond acceptors (Lipinski definition) is 4. The van der Waals surface area contributed by atoms with Gasteiger partial charge in [-0.05, 0) is 23.3 Å². The molecule has 30 heavy (non-hydrogen) atoms. The van der Waals surface area contributed by atoms with Gasteiger partial charge in [-0.25, -0.2) is 5.01 Å². The topological polar surface area (TPSA) is 56.1 Å². The van der Waals surface area contributed by atoms with Gasteiger partial charge in [-0.2, -0.15) is 5.26 Å². The number of rotatable bonds is 4. The number of Topliss-reactive ketones (excluding diaryl/α,β-unsaturated/α-hetero) is 1. The lowest BCUT2D eigenvalue weighted by Crippen LogP contribution is -2.38. The molecule has 0 saturated heterocycles. The number of carbonyl (C=O) groups excluding carboxylic acids is 1. The first-order valence-electron chi connectivity index (χ1n) is 9.71. The van der Waals surface area contributed by atoms with Crippen LogP contribution in [0.5, 0.6) is 0 Å². The van der Waals surface area contributed by atoms with Crippen molar-refractivity contribution in [2.75, 3.05) is 0 Å². The van der Waals surface area contributed by atoms with Crippen LogP contribution in [0.1, 0.15) is 29.2 Å². The van der Waals surface area contributed by atoms with Crippen LogP contribution in [0.4, 0.5) is 0 Å². The summed E-state index contributed by atoms with van der Waals surface area (Å²) in [7, 11) is 0. The minimum absolute atomic E-state index is 0.149. The van der Waals surface area contributed by atoms with E-state index in [2.05, 4.69) is 11.5 Å². The fraction of sp³-hybridized carbons (Fsp3) is 0.120. The summed E-state index contributed by atoms with van der Waals surface area (Å²) in [5.41, 5.74) is 6.96. The Kier molecular flexibility index (Phi) is 5.94. The molecule has 0 bridgehead atoms. The summed E-state index contributed by atoms with van der Waals surface area (Å²) in [4.78, 5) is 13.1. The number of allylic oxidation sites excluding steroid dienone is 1. The second-order valence-electron chi connectivity index (χ2n) is 7.15. The monoisotopic (exact) mass is 413 g/mol. The van der Waals surface area contributed by atoms with Gasteiger partial charge in [0.05, 0.1) is 11.7 Å². The normalized spacial score (nSPS) is 17.2. The molecule has 4 nitrogen and oxygen atoms in total. The van der Waals surface area contributed by atoms with Gasteiger partial charge in [0.2, 0.25) is 0 Å². The summed E-state index contributed by atoms with van der Waals surface area (Å²) >= 11 is 6.08. The maximum absolute atomic E-state index is 13.1. The van der Waals surface area contributed by atoms with Crippen LogP contribution in [-0.4, -0.2) is 10.8 Å². The molecule has 1 atom stereocenters. The molecule has 0 aliphatic carbocycles. The fourth-order valence-corrected chi connectivity index (χ4v) is 3.78. The van der Waals surface area contributed by atoms with Crippen LogP contribution in [0.15, 0.2) is 90.5 Å². The predicted octanol–water partition coefficient (Wildman–Crippen LogP) is 5.30. The van der Waals surface area contributed by atoms with Gasteiger partial charge in [0.15, 0.2) is 5.78 Å². The number of nitrogens with one attached hydrogen (secondary N) is 1. The van der Waals surface area contributed by atoms with E-state index in [0.717, 1.165) is 16.7 Å². The standard InChI is InChI=1S/C25H20ClN3O/c26-21-13-11-19(12-14-21)23-15-24(30)22(16-27)25(20-9-5-2-6-10-20)28-29(23)17-18-7-3-1-4-8-18/h1-14,23,28H,15,17H2/t23-/m1/s1. The van der Waals surface area contributed by atoms with Crippen LogP contribution in [0, 0.1) is 11.3 Å². The molecule has 0 fully saturated rings. The van der Waals surface area contributed by atoms with E-state index >= 15 is 0 Å². The molecule has 3 aromatic rings. The molecule has 3 aromatic carbocycles. The quantitative estimate of drug-likeness (QED) is 0.630. The molecule has 0 radical (unpaired) electrons. The van der Waals surface area contributed by atoms with Crippen LogP contribution in [0.2, 0.25) is 5.02 Å². The van der Waals surface area contributed by atoms with Gasteiger partial charge in [0, 0.05) is 23.6 Å². The Balaban J connectivity index is 1.79. The maximum Gasteiger partial charge on any atom is 0.177 e. The number of halogens is 1. The lowest BCUT2D eigenvalue weighted by Gasteiger charge is -2.32. The number of ketones is 1. The molecule has 1 N–H and O–H groups in total. The van der Waals surface area contributed by atoms with Gasteiger partial charge in [-0.3, -0.25) is 4.79 Å². The number of benzene rings is 3. The SMILES string of the molecule is N#CC1=C(c2ccccc2)NN(Cc2ccccc2)[C@@H](c2ccc(Cl)cc2)CC1=O. The molecule has 5 heteroatoms. The summed E-state index contributed by atoms with van der Waals surface area (Å²) in [6.07, 6.45) is 0.195. The smallest absolute Gasteiger partial charge is 0.177 e. The maximum atomic E-state index is 13.1. The van der Waals surface area contributed by atoms with E-state index in [4.69, 9.17) is 11.6 Å². The third-order valence-corrected chi connectivity index (χ3v) is 5.42. The van der Waals surface area contributed by atoms with Crippen LogP contribution >= 0.6 is 11.6 Å². The molecule has 1 aliphatic rings. The van der Waals surface area contributed by atoms with Crippen LogP contribution in [0.3, 0.4) is 0 Å². The molecule has 1 heterocycles. The highest BCUT2D eigenvalue weighted by Gasteiger charge is 2.32. The number of nitrogens with zero attached hydrogens (tertiary/aromatic N) is 2. The average molecular weight is 414 g/mol. The van der Waals surface area contributed by atoms with Gasteiger partial charge in [-0.1, -0.05) is 84.4 Å². The number of hydrogen-bond donors (Lipinski definition) is 1. The van der Waals surface area contributed by atoms with Crippen molar-refractivity contribution >= 4 is 23.1 Å². The van der Waals surface area contributed by atoms with Crippen molar-refractivity contribution in [1.82, 2.24) is 10.4 Å². The van der Waals surface area contributed by atoms with Crippen LogP contribution in [-0.2, 0) is 11.3 Å². The summed E-state index contributed by atoms with van der Waals surface area (Å²) in [5.74, 6) is -0.181. The highest BCUT2D eigenvalue weighted by atomic mass is 35.5. The summed E-state index contributed by atoms with van der Waals surface area (Å²) in [5, 5.41) is 12.5. The van der Waals surface area contributed by atoms with Gasteiger partial charge >= 0.3 is 0 Å². The van der Waals surface area contributed by atoms with E-state index in [1.807, 2.05) is 89.9 Å². The van der Waals surface area contributed by atoms with Crippen molar-refractivity contribution in [3.05, 3.63) is 112 Å². The molecular formula is C25H20ClN3O. The molecule has 4 rings (SSSR count). The average Bonchev–Trinajstić information content (AvgIpc) is 2.92. The Morgan fingerprint density at radius 3 is 2.23 bits per heavy atom. The highest BCUT2D eigenvalue weighted by Crippen LogP contribution is 2.33. The largest absolute Gasteiger partial charge is 0.316 e. The highest BCUT2D eigenvalue weighted by molar-refractivity contribution is 6.30. The third-order valence-electron chi connectivity index (χ3n) is 5.16. The van der Waals surface area contributed by atoms with Crippen LogP contribution < -0.4 is 5.43 Å². The summed E-state index contributed by atoms with van der Waals surface area (Å²) < 4.78 is 0. The molecule has 0 saturated carbocycles. The van der Waals surface area contributed by atoms with E-state index in [9.17, 15) is 10.1 Å². The molecule has 0 amide bonds. The Labute approximate surface area is 181 Å². The van der Waals surface area contributed by atoms with Crippen molar-refractivity contribution in [2.45, 2.75) is 19.0 Å². The van der Waals surface area contributed by atoms with E-state index in [-0.39, 0.29) is 23.8 Å². The van der Waals surface area contributed by atoms with Crippen molar-refractivity contribution in [3.8, 4) is 6.07 Å². The van der Waals surface area contributed by atoms with Crippen molar-refractivity contribution < 1.29 is 4.79 Å². The molecule has 148 valence electrons. The Morgan fingerprint density at radius 2 is 1.60 bits per heavy atom. The molecule has 0 aromatic heterocycles. The Bertz CT molecular complexity index is 1100. The zero-order valence-corrected chi connectivity index (χ0v) is 17.0. The lowest BCUT2D eigenvalue weighted by atomic mass is 9.96. The van der Waals surface area contributed by atoms with E-state index in [1.54, 1.807) is 0 Å². The first kappa shape index (κ1) is 19.9. The van der Waals surface area contributed by atoms with Gasteiger partial charge in [0.1, 0.15) is 11.6 Å². The molecule has 1 aliphatic heterocycles. The lowest BCUT2D eigenvalue weighted by molar-refractivity contribution is -0.116. The van der Waals surface area contributed by atoms with Crippen molar-refractivity contribution in [3.63, 3.8) is 0 Å². The number of hydrazine groups is 1. The first-order chi connectivity index (χ1) is 14.7. The first-order valence-corrected chi connectivity index (χ1v) is 10.1. The minimum atomic E-state index is -0.250. The molecule has 0 spiro atoms. The van der Waals surface area contributed by atoms with Crippen LogP contribution in [0.25, 0.3) is 5.70 Å². The Hall–Kier alpha value is -3.39. The van der Waals surface area contributed by atoms with E-state index < -0.39 is 0 Å². The van der Waals surface area contributed by atoms with Gasteiger partial charge < -0.3 is 5.43 Å². The number of nitriles is 1. The van der Waals surface area contributed by atoms with Gasteiger partial charge in [-0.15, -0.1) is 0 Å². The van der Waals surface area contributed by atoms with Gasteiger partial charge in [0.25, 0.3) is 0 Å². The second kappa shape index (κ2) is 8.96. The third kappa shape index (κ3) is 4.28. The van der Waals surface area contributed by atoms with Crippen molar-refractivity contribution in [1.29, 1.82) is 5.26 Å². The molecule has 0 unspecified atom stereocenters. The Morgan fingerprint density at radius 1 is 0.967 bits per heavy atom. The summed E-state index contributed by atoms with van der Waals surface area (Å²) in [6.45, 7) is 0.566. The molecular weight excluding hydrogens is 394 g/mol. The van der Waals surface area contributed by atoms with E-state index in [0.29, 0.717) is 17.3 Å². The second-order valence-corrected chi connectivity index (χ2v) is 7.58. The zero-order valence-electron chi connectivity index (χ0n) is 16.3. The zero-order chi connectivity index (χ0) is 20.9. The number of carbonyl (C=O) groups is 1. The summed E-state index contributed by atoms with van der Waals surface area (Å²) in [6, 6.07) is 28.9. The van der Waals surface area contributed by atoms with Crippen molar-refractivity contribution in [2.24, 2.45) is 0 Å². The minimum Gasteiger partial charge on any atom is -0.316 e. The van der Waals surface area contributed by atoms with E-state index in [1.165, 1.54) is 0 Å². The fourth-order valence-electron chi connectivity index (χ4n) is 3.65.